The molecule has 0 radical (unpaired) electrons. The van der Waals surface area contributed by atoms with Crippen molar-refractivity contribution in [2.75, 3.05) is 18.6 Å². The van der Waals surface area contributed by atoms with Crippen LogP contribution < -0.4 is 0 Å². The van der Waals surface area contributed by atoms with Crippen LogP contribution in [-0.4, -0.2) is 47.3 Å². The Morgan fingerprint density at radius 1 is 1.14 bits per heavy atom. The number of imide groups is 1. The molecular formula is C22H21NO4S. The zero-order valence-electron chi connectivity index (χ0n) is 15.5. The lowest BCUT2D eigenvalue weighted by Gasteiger charge is -2.25. The molecular weight excluding hydrogens is 374 g/mol. The Morgan fingerprint density at radius 2 is 1.86 bits per heavy atom. The van der Waals surface area contributed by atoms with Gasteiger partial charge in [0.2, 0.25) is 0 Å². The Morgan fingerprint density at radius 3 is 2.57 bits per heavy atom. The van der Waals surface area contributed by atoms with Crippen molar-refractivity contribution in [2.24, 2.45) is 23.7 Å². The Balaban J connectivity index is 1.63. The highest BCUT2D eigenvalue weighted by Gasteiger charge is 2.58. The van der Waals surface area contributed by atoms with Gasteiger partial charge in [0.05, 0.1) is 6.04 Å². The van der Waals surface area contributed by atoms with Gasteiger partial charge in [0.1, 0.15) is 6.61 Å². The lowest BCUT2D eigenvalue weighted by atomic mass is 9.81. The minimum atomic E-state index is -0.599. The molecule has 0 aromatic heterocycles. The number of nitrogens with zero attached hydrogens (tertiary/aromatic N) is 1. The van der Waals surface area contributed by atoms with Crippen LogP contribution in [0.5, 0.6) is 0 Å². The molecule has 1 aromatic rings. The number of cyclic esters (lactones) is 1. The number of rotatable bonds is 4. The summed E-state index contributed by atoms with van der Waals surface area (Å²) >= 11 is 1.57. The van der Waals surface area contributed by atoms with Crippen molar-refractivity contribution in [2.45, 2.75) is 12.5 Å². The van der Waals surface area contributed by atoms with Crippen LogP contribution in [0.15, 0.2) is 48.1 Å². The van der Waals surface area contributed by atoms with Gasteiger partial charge in [0.15, 0.2) is 5.78 Å². The molecule has 4 aliphatic rings. The molecule has 6 heteroatoms. The van der Waals surface area contributed by atoms with Gasteiger partial charge < -0.3 is 4.74 Å². The van der Waals surface area contributed by atoms with Gasteiger partial charge in [-0.2, -0.15) is 11.8 Å². The summed E-state index contributed by atoms with van der Waals surface area (Å²) in [5.74, 6) is 0.401. The number of carbonyl (C=O) groups is 3. The molecule has 28 heavy (non-hydrogen) atoms. The summed E-state index contributed by atoms with van der Waals surface area (Å²) in [6.07, 6.45) is 6.52. The summed E-state index contributed by atoms with van der Waals surface area (Å²) in [7, 11) is 0. The normalized spacial score (nSPS) is 33.0. The van der Waals surface area contributed by atoms with E-state index in [4.69, 9.17) is 4.74 Å². The molecule has 5 rings (SSSR count). The first-order valence-electron chi connectivity index (χ1n) is 9.63. The van der Waals surface area contributed by atoms with Gasteiger partial charge in [-0.05, 0) is 30.1 Å². The van der Waals surface area contributed by atoms with Crippen molar-refractivity contribution in [3.8, 4) is 0 Å². The molecule has 5 atom stereocenters. The molecule has 2 fully saturated rings. The molecule has 0 N–H and O–H groups in total. The van der Waals surface area contributed by atoms with Crippen LogP contribution in [0.1, 0.15) is 12.0 Å². The molecule has 1 saturated carbocycles. The van der Waals surface area contributed by atoms with Crippen molar-refractivity contribution in [1.29, 1.82) is 0 Å². The van der Waals surface area contributed by atoms with Crippen molar-refractivity contribution < 1.29 is 19.1 Å². The third kappa shape index (κ3) is 2.43. The second kappa shape index (κ2) is 6.62. The maximum Gasteiger partial charge on any atom is 0.417 e. The predicted molar refractivity (Wildman–Crippen MR) is 106 cm³/mol. The number of benzene rings is 1. The number of thioether (sulfide) groups is 1. The average molecular weight is 395 g/mol. The third-order valence-corrected chi connectivity index (χ3v) is 7.16. The van der Waals surface area contributed by atoms with E-state index >= 15 is 0 Å². The predicted octanol–water partition coefficient (Wildman–Crippen LogP) is 3.17. The summed E-state index contributed by atoms with van der Waals surface area (Å²) in [4.78, 5) is 40.7. The maximum absolute atomic E-state index is 13.7. The van der Waals surface area contributed by atoms with E-state index in [0.717, 1.165) is 12.0 Å². The Labute approximate surface area is 167 Å². The zero-order chi connectivity index (χ0) is 19.4. The summed E-state index contributed by atoms with van der Waals surface area (Å²) in [6, 6.07) is 9.10. The van der Waals surface area contributed by atoms with Gasteiger partial charge in [0.25, 0.3) is 5.91 Å². The summed E-state index contributed by atoms with van der Waals surface area (Å²) in [6.45, 7) is 0.216. The van der Waals surface area contributed by atoms with Crippen LogP contribution in [0, 0.1) is 23.7 Å². The van der Waals surface area contributed by atoms with Crippen LogP contribution in [-0.2, 0) is 14.3 Å². The fourth-order valence-electron chi connectivity index (χ4n) is 5.35. The fourth-order valence-corrected chi connectivity index (χ4v) is 5.98. The second-order valence-electron chi connectivity index (χ2n) is 7.88. The van der Waals surface area contributed by atoms with Crippen LogP contribution in [0.25, 0.3) is 5.57 Å². The highest BCUT2D eigenvalue weighted by Crippen LogP contribution is 2.58. The molecule has 2 bridgehead atoms. The van der Waals surface area contributed by atoms with Gasteiger partial charge in [0, 0.05) is 28.7 Å². The van der Waals surface area contributed by atoms with E-state index in [2.05, 4.69) is 12.2 Å². The third-order valence-electron chi connectivity index (χ3n) is 6.44. The maximum atomic E-state index is 13.7. The number of hydrogen-bond donors (Lipinski definition) is 0. The first-order chi connectivity index (χ1) is 13.6. The molecule has 5 nitrogen and oxygen atoms in total. The highest BCUT2D eigenvalue weighted by molar-refractivity contribution is 7.98. The minimum Gasteiger partial charge on any atom is -0.447 e. The largest absolute Gasteiger partial charge is 0.447 e. The van der Waals surface area contributed by atoms with E-state index in [1.807, 2.05) is 36.6 Å². The molecule has 2 amide bonds. The molecule has 0 unspecified atom stereocenters. The monoisotopic (exact) mass is 395 g/mol. The molecule has 1 aliphatic heterocycles. The summed E-state index contributed by atoms with van der Waals surface area (Å²) < 4.78 is 5.18. The number of fused-ring (bicyclic) bond motifs is 5. The smallest absolute Gasteiger partial charge is 0.417 e. The van der Waals surface area contributed by atoms with Crippen LogP contribution >= 0.6 is 11.8 Å². The molecule has 0 spiro atoms. The zero-order valence-corrected chi connectivity index (χ0v) is 16.4. The molecule has 3 aliphatic carbocycles. The standard InChI is InChI=1S/C22H21NO4S/c1-28-11-15-10-27-22(26)23(15)21(25)19-16-13-7-8-14(9-13)18(16)20(24)17(19)12-5-3-2-4-6-12/h2-8,13-16,18H,9-11H2,1H3/t13-,14+,15-,16+,18-/m1/s1. The highest BCUT2D eigenvalue weighted by atomic mass is 32.2. The van der Waals surface area contributed by atoms with Gasteiger partial charge in [-0.1, -0.05) is 42.5 Å². The number of amides is 2. The first-order valence-corrected chi connectivity index (χ1v) is 11.0. The quantitative estimate of drug-likeness (QED) is 0.733. The van der Waals surface area contributed by atoms with Crippen molar-refractivity contribution >= 4 is 35.1 Å². The van der Waals surface area contributed by atoms with E-state index < -0.39 is 6.09 Å². The van der Waals surface area contributed by atoms with Gasteiger partial charge in [-0.25, -0.2) is 9.69 Å². The van der Waals surface area contributed by atoms with Gasteiger partial charge in [-0.15, -0.1) is 0 Å². The Bertz CT molecular complexity index is 922. The lowest BCUT2D eigenvalue weighted by Crippen LogP contribution is -2.42. The van der Waals surface area contributed by atoms with Crippen molar-refractivity contribution in [3.63, 3.8) is 0 Å². The van der Waals surface area contributed by atoms with E-state index in [1.165, 1.54) is 4.90 Å². The van der Waals surface area contributed by atoms with Crippen molar-refractivity contribution in [1.82, 2.24) is 4.90 Å². The number of ether oxygens (including phenoxy) is 1. The van der Waals surface area contributed by atoms with E-state index in [1.54, 1.807) is 11.8 Å². The minimum absolute atomic E-state index is 0.0466. The fraction of sp³-hybridized carbons (Fsp3) is 0.409. The number of allylic oxidation sites excluding steroid dienone is 3. The van der Waals surface area contributed by atoms with Crippen LogP contribution in [0.4, 0.5) is 4.79 Å². The van der Waals surface area contributed by atoms with Crippen LogP contribution in [0.3, 0.4) is 0 Å². The van der Waals surface area contributed by atoms with E-state index in [9.17, 15) is 14.4 Å². The van der Waals surface area contributed by atoms with E-state index in [-0.39, 0.29) is 48.0 Å². The number of hydrogen-bond acceptors (Lipinski definition) is 5. The topological polar surface area (TPSA) is 63.7 Å². The average Bonchev–Trinajstić information content (AvgIpc) is 3.45. The SMILES string of the molecule is CSC[C@H]1COC(=O)N1C(=O)C1=C(c2ccccc2)C(=O)[C@H]2[C@@H]1[C@@H]1C=C[C@H]2C1. The molecule has 144 valence electrons. The van der Waals surface area contributed by atoms with Crippen molar-refractivity contribution in [3.05, 3.63) is 53.6 Å². The Kier molecular flexibility index (Phi) is 4.19. The first kappa shape index (κ1) is 17.7. The van der Waals surface area contributed by atoms with Gasteiger partial charge >= 0.3 is 6.09 Å². The lowest BCUT2D eigenvalue weighted by molar-refractivity contribution is -0.125. The summed E-state index contributed by atoms with van der Waals surface area (Å²) in [5.41, 5.74) is 1.78. The number of carbonyl (C=O) groups excluding carboxylic acids is 3. The molecule has 1 saturated heterocycles. The van der Waals surface area contributed by atoms with Gasteiger partial charge in [-0.3, -0.25) is 9.59 Å². The summed E-state index contributed by atoms with van der Waals surface area (Å²) in [5, 5.41) is 0. The second-order valence-corrected chi connectivity index (χ2v) is 8.79. The number of ketones is 1. The molecule has 1 heterocycles. The van der Waals surface area contributed by atoms with E-state index in [0.29, 0.717) is 16.9 Å². The number of Topliss-reactive ketones (excluding diaryl/α,β-unsaturated/α-hetero) is 1. The Hall–Kier alpha value is -2.34. The molecule has 1 aromatic carbocycles. The van der Waals surface area contributed by atoms with Crippen LogP contribution in [0.2, 0.25) is 0 Å².